The van der Waals surface area contributed by atoms with Crippen molar-refractivity contribution in [3.8, 4) is 16.9 Å². The molecule has 2 aromatic carbocycles. The first-order valence-electron chi connectivity index (χ1n) is 9.27. The molecule has 0 radical (unpaired) electrons. The second-order valence-electron chi connectivity index (χ2n) is 7.15. The van der Waals surface area contributed by atoms with Crippen LogP contribution in [0.3, 0.4) is 0 Å². The van der Waals surface area contributed by atoms with Gasteiger partial charge in [-0.15, -0.1) is 0 Å². The standard InChI is InChI=1S/C23H22N2O3S/c1-15-5-8-20(9-6-15)29(26,27)25-12-11-18-13-19(14-24-23(18)25)22-16(2)7-10-21(28-4)17(22)3/h5-14H,1-4H3. The number of benzene rings is 2. The van der Waals surface area contributed by atoms with E-state index in [-0.39, 0.29) is 4.90 Å². The van der Waals surface area contributed by atoms with E-state index in [9.17, 15) is 8.42 Å². The van der Waals surface area contributed by atoms with E-state index >= 15 is 0 Å². The van der Waals surface area contributed by atoms with Crippen molar-refractivity contribution in [1.29, 1.82) is 0 Å². The van der Waals surface area contributed by atoms with Gasteiger partial charge >= 0.3 is 0 Å². The Kier molecular flexibility index (Phi) is 4.67. The molecule has 2 aromatic heterocycles. The highest BCUT2D eigenvalue weighted by atomic mass is 32.2. The van der Waals surface area contributed by atoms with E-state index in [4.69, 9.17) is 4.74 Å². The molecule has 0 spiro atoms. The third-order valence-electron chi connectivity index (χ3n) is 5.20. The lowest BCUT2D eigenvalue weighted by molar-refractivity contribution is 0.412. The van der Waals surface area contributed by atoms with Gasteiger partial charge in [-0.25, -0.2) is 17.4 Å². The number of aryl methyl sites for hydroxylation is 2. The van der Waals surface area contributed by atoms with E-state index in [2.05, 4.69) is 4.98 Å². The molecule has 0 saturated heterocycles. The molecular formula is C23H22N2O3S. The van der Waals surface area contributed by atoms with Crippen LogP contribution in [-0.2, 0) is 10.0 Å². The number of hydrogen-bond acceptors (Lipinski definition) is 4. The Bertz CT molecular complexity index is 1320. The van der Waals surface area contributed by atoms with Gasteiger partial charge in [0.2, 0.25) is 0 Å². The maximum atomic E-state index is 13.1. The minimum absolute atomic E-state index is 0.242. The molecule has 29 heavy (non-hydrogen) atoms. The first-order valence-corrected chi connectivity index (χ1v) is 10.7. The zero-order valence-corrected chi connectivity index (χ0v) is 17.6. The summed E-state index contributed by atoms with van der Waals surface area (Å²) in [6, 6.07) is 14.5. The molecule has 0 aliphatic heterocycles. The number of methoxy groups -OCH3 is 1. The highest BCUT2D eigenvalue weighted by molar-refractivity contribution is 7.90. The number of pyridine rings is 1. The van der Waals surface area contributed by atoms with Crippen LogP contribution in [0.5, 0.6) is 5.75 Å². The Hall–Kier alpha value is -3.12. The fourth-order valence-electron chi connectivity index (χ4n) is 3.65. The molecule has 5 nitrogen and oxygen atoms in total. The molecule has 4 aromatic rings. The monoisotopic (exact) mass is 406 g/mol. The summed E-state index contributed by atoms with van der Waals surface area (Å²) in [5.74, 6) is 0.810. The van der Waals surface area contributed by atoms with Crippen molar-refractivity contribution in [2.24, 2.45) is 0 Å². The average molecular weight is 407 g/mol. The van der Waals surface area contributed by atoms with E-state index in [1.807, 2.05) is 39.0 Å². The predicted molar refractivity (Wildman–Crippen MR) is 115 cm³/mol. The molecule has 6 heteroatoms. The van der Waals surface area contributed by atoms with Crippen molar-refractivity contribution < 1.29 is 13.2 Å². The Balaban J connectivity index is 1.85. The number of rotatable bonds is 4. The summed E-state index contributed by atoms with van der Waals surface area (Å²) in [4.78, 5) is 4.75. The summed E-state index contributed by atoms with van der Waals surface area (Å²) in [7, 11) is -2.06. The van der Waals surface area contributed by atoms with Crippen LogP contribution in [0.4, 0.5) is 0 Å². The van der Waals surface area contributed by atoms with Gasteiger partial charge in [0.15, 0.2) is 5.65 Å². The second-order valence-corrected chi connectivity index (χ2v) is 8.97. The molecular weight excluding hydrogens is 384 g/mol. The summed E-state index contributed by atoms with van der Waals surface area (Å²) in [5, 5.41) is 0.764. The van der Waals surface area contributed by atoms with Gasteiger partial charge in [0, 0.05) is 23.3 Å². The highest BCUT2D eigenvalue weighted by Crippen LogP contribution is 2.34. The lowest BCUT2D eigenvalue weighted by atomic mass is 9.96. The Morgan fingerprint density at radius 2 is 1.69 bits per heavy atom. The molecule has 0 unspecified atom stereocenters. The molecule has 4 rings (SSSR count). The zero-order chi connectivity index (χ0) is 20.8. The molecule has 0 amide bonds. The van der Waals surface area contributed by atoms with Crippen molar-refractivity contribution >= 4 is 21.1 Å². The van der Waals surface area contributed by atoms with Crippen molar-refractivity contribution in [2.45, 2.75) is 25.7 Å². The lowest BCUT2D eigenvalue weighted by Crippen LogP contribution is -2.12. The number of ether oxygens (including phenoxy) is 1. The quantitative estimate of drug-likeness (QED) is 0.485. The number of fused-ring (bicyclic) bond motifs is 1. The Labute approximate surface area is 170 Å². The average Bonchev–Trinajstić information content (AvgIpc) is 3.13. The van der Waals surface area contributed by atoms with Crippen LogP contribution in [0.25, 0.3) is 22.2 Å². The zero-order valence-electron chi connectivity index (χ0n) is 16.8. The van der Waals surface area contributed by atoms with Crippen molar-refractivity contribution in [1.82, 2.24) is 8.96 Å². The van der Waals surface area contributed by atoms with Crippen LogP contribution < -0.4 is 4.74 Å². The minimum Gasteiger partial charge on any atom is -0.496 e. The van der Waals surface area contributed by atoms with Crippen molar-refractivity contribution in [3.05, 3.63) is 77.6 Å². The van der Waals surface area contributed by atoms with E-state index in [1.165, 1.54) is 3.97 Å². The van der Waals surface area contributed by atoms with Gasteiger partial charge in [-0.2, -0.15) is 0 Å². The summed E-state index contributed by atoms with van der Waals surface area (Å²) < 4.78 is 32.8. The van der Waals surface area contributed by atoms with E-state index in [1.54, 1.807) is 49.8 Å². The van der Waals surface area contributed by atoms with Gasteiger partial charge in [-0.1, -0.05) is 23.8 Å². The first-order chi connectivity index (χ1) is 13.8. The molecule has 0 fully saturated rings. The van der Waals surface area contributed by atoms with Crippen LogP contribution in [-0.4, -0.2) is 24.5 Å². The minimum atomic E-state index is -3.71. The van der Waals surface area contributed by atoms with Gasteiger partial charge in [0.05, 0.1) is 12.0 Å². The molecule has 2 heterocycles. The molecule has 0 N–H and O–H groups in total. The SMILES string of the molecule is COc1ccc(C)c(-c2cnc3c(ccn3S(=O)(=O)c3ccc(C)cc3)c2)c1C. The summed E-state index contributed by atoms with van der Waals surface area (Å²) in [6.07, 6.45) is 3.28. The fourth-order valence-corrected chi connectivity index (χ4v) is 4.96. The van der Waals surface area contributed by atoms with Crippen LogP contribution in [0.1, 0.15) is 16.7 Å². The van der Waals surface area contributed by atoms with Gasteiger partial charge in [-0.05, 0) is 67.8 Å². The third-order valence-corrected chi connectivity index (χ3v) is 6.88. The Morgan fingerprint density at radius 1 is 0.966 bits per heavy atom. The predicted octanol–water partition coefficient (Wildman–Crippen LogP) is 4.87. The molecule has 0 aliphatic carbocycles. The summed E-state index contributed by atoms with van der Waals surface area (Å²) in [5.41, 5.74) is 5.53. The molecule has 0 aliphatic rings. The Morgan fingerprint density at radius 3 is 2.38 bits per heavy atom. The summed E-state index contributed by atoms with van der Waals surface area (Å²) >= 11 is 0. The largest absolute Gasteiger partial charge is 0.496 e. The second kappa shape index (κ2) is 7.04. The van der Waals surface area contributed by atoms with Crippen LogP contribution in [0.15, 0.2) is 65.8 Å². The summed E-state index contributed by atoms with van der Waals surface area (Å²) in [6.45, 7) is 5.98. The molecule has 148 valence electrons. The smallest absolute Gasteiger partial charge is 0.269 e. The first kappa shape index (κ1) is 19.2. The maximum absolute atomic E-state index is 13.1. The van der Waals surface area contributed by atoms with E-state index < -0.39 is 10.0 Å². The van der Waals surface area contributed by atoms with E-state index in [0.717, 1.165) is 39.0 Å². The number of aromatic nitrogens is 2. The van der Waals surface area contributed by atoms with Gasteiger partial charge in [0.25, 0.3) is 10.0 Å². The van der Waals surface area contributed by atoms with E-state index in [0.29, 0.717) is 5.65 Å². The van der Waals surface area contributed by atoms with Gasteiger partial charge < -0.3 is 4.74 Å². The van der Waals surface area contributed by atoms with Crippen molar-refractivity contribution in [3.63, 3.8) is 0 Å². The number of hydrogen-bond donors (Lipinski definition) is 0. The number of nitrogens with zero attached hydrogens (tertiary/aromatic N) is 2. The molecule has 0 atom stereocenters. The molecule has 0 bridgehead atoms. The van der Waals surface area contributed by atoms with Gasteiger partial charge in [0.1, 0.15) is 5.75 Å². The highest BCUT2D eigenvalue weighted by Gasteiger charge is 2.20. The fraction of sp³-hybridized carbons (Fsp3) is 0.174. The van der Waals surface area contributed by atoms with Crippen LogP contribution in [0, 0.1) is 20.8 Å². The van der Waals surface area contributed by atoms with Crippen LogP contribution >= 0.6 is 0 Å². The molecule has 0 saturated carbocycles. The van der Waals surface area contributed by atoms with Crippen LogP contribution in [0.2, 0.25) is 0 Å². The normalized spacial score (nSPS) is 11.7. The van der Waals surface area contributed by atoms with Gasteiger partial charge in [-0.3, -0.25) is 0 Å². The maximum Gasteiger partial charge on any atom is 0.269 e. The third kappa shape index (κ3) is 3.19. The topological polar surface area (TPSA) is 61.2 Å². The van der Waals surface area contributed by atoms with Crippen molar-refractivity contribution in [2.75, 3.05) is 7.11 Å². The lowest BCUT2D eigenvalue weighted by Gasteiger charge is -2.14.